The van der Waals surface area contributed by atoms with Crippen molar-refractivity contribution in [1.82, 2.24) is 5.32 Å². The minimum Gasteiger partial charge on any atom is -0.466 e. The molecule has 3 N–H and O–H groups in total. The van der Waals surface area contributed by atoms with Crippen molar-refractivity contribution in [3.63, 3.8) is 0 Å². The number of aliphatic hydroxyl groups is 2. The van der Waals surface area contributed by atoms with Crippen molar-refractivity contribution >= 4 is 11.9 Å². The van der Waals surface area contributed by atoms with Crippen LogP contribution in [0.3, 0.4) is 0 Å². The summed E-state index contributed by atoms with van der Waals surface area (Å²) in [4.78, 5) is 24.6. The van der Waals surface area contributed by atoms with Crippen molar-refractivity contribution in [3.05, 3.63) is 12.2 Å². The lowest BCUT2D eigenvalue weighted by molar-refractivity contribution is -0.143. The smallest absolute Gasteiger partial charge is 0.305 e. The fourth-order valence-corrected chi connectivity index (χ4v) is 12.5. The first kappa shape index (κ1) is 81.6. The number of rotatable bonds is 73. The molecule has 2 unspecified atom stereocenters. The monoisotopic (exact) mass is 1170 g/mol. The van der Waals surface area contributed by atoms with Crippen LogP contribution in [0.25, 0.3) is 0 Å². The molecule has 6 heteroatoms. The predicted molar refractivity (Wildman–Crippen MR) is 366 cm³/mol. The number of hydrogen-bond acceptors (Lipinski definition) is 5. The van der Waals surface area contributed by atoms with E-state index in [1.54, 1.807) is 6.08 Å². The normalized spacial score (nSPS) is 12.5. The van der Waals surface area contributed by atoms with Gasteiger partial charge >= 0.3 is 5.97 Å². The molecule has 83 heavy (non-hydrogen) atoms. The van der Waals surface area contributed by atoms with Gasteiger partial charge in [-0.3, -0.25) is 9.59 Å². The van der Waals surface area contributed by atoms with Gasteiger partial charge < -0.3 is 20.3 Å². The van der Waals surface area contributed by atoms with E-state index in [9.17, 15) is 19.8 Å². The van der Waals surface area contributed by atoms with Gasteiger partial charge in [-0.1, -0.05) is 411 Å². The molecule has 0 aliphatic carbocycles. The van der Waals surface area contributed by atoms with E-state index in [0.717, 1.165) is 38.5 Å². The van der Waals surface area contributed by atoms with Crippen LogP contribution < -0.4 is 5.32 Å². The zero-order valence-electron chi connectivity index (χ0n) is 56.7. The van der Waals surface area contributed by atoms with Gasteiger partial charge in [0.15, 0.2) is 0 Å². The topological polar surface area (TPSA) is 95.9 Å². The molecule has 0 heterocycles. The molecule has 0 radical (unpaired) electrons. The molecule has 0 bridgehead atoms. The highest BCUT2D eigenvalue weighted by atomic mass is 16.5. The molecule has 0 rings (SSSR count). The molecule has 2 atom stereocenters. The number of unbranched alkanes of at least 4 members (excludes halogenated alkanes) is 62. The molecule has 0 aliphatic rings. The van der Waals surface area contributed by atoms with E-state index in [1.807, 2.05) is 6.08 Å². The van der Waals surface area contributed by atoms with E-state index in [2.05, 4.69) is 19.2 Å². The zero-order valence-corrected chi connectivity index (χ0v) is 56.7. The average molecular weight is 1170 g/mol. The Morgan fingerprint density at radius 2 is 0.554 bits per heavy atom. The summed E-state index contributed by atoms with van der Waals surface area (Å²) in [5.74, 6) is -0.0349. The van der Waals surface area contributed by atoms with Crippen LogP contribution in [0.5, 0.6) is 0 Å². The summed E-state index contributed by atoms with van der Waals surface area (Å²) < 4.78 is 5.49. The van der Waals surface area contributed by atoms with Crippen LogP contribution >= 0.6 is 0 Å². The number of allylic oxidation sites excluding steroid dienone is 1. The van der Waals surface area contributed by atoms with Crippen molar-refractivity contribution in [2.24, 2.45) is 0 Å². The summed E-state index contributed by atoms with van der Waals surface area (Å²) in [7, 11) is 0. The highest BCUT2D eigenvalue weighted by Crippen LogP contribution is 2.20. The van der Waals surface area contributed by atoms with Gasteiger partial charge in [0, 0.05) is 12.8 Å². The number of hydrogen-bond donors (Lipinski definition) is 3. The summed E-state index contributed by atoms with van der Waals surface area (Å²) in [5, 5.41) is 23.3. The van der Waals surface area contributed by atoms with Crippen LogP contribution in [-0.2, 0) is 14.3 Å². The molecule has 0 spiro atoms. The van der Waals surface area contributed by atoms with Crippen LogP contribution in [0.15, 0.2) is 12.2 Å². The Balaban J connectivity index is 3.34. The maximum absolute atomic E-state index is 12.5. The highest BCUT2D eigenvalue weighted by Gasteiger charge is 2.18. The van der Waals surface area contributed by atoms with Gasteiger partial charge in [0.1, 0.15) is 0 Å². The van der Waals surface area contributed by atoms with Crippen molar-refractivity contribution in [2.45, 2.75) is 456 Å². The first-order valence-electron chi connectivity index (χ1n) is 38.5. The Kier molecular flexibility index (Phi) is 71.8. The molecular weight excluding hydrogens is 1020 g/mol. The standard InChI is InChI=1S/C77H151NO5/c1-3-5-7-9-11-13-15-17-18-19-20-34-37-40-43-46-49-53-57-61-65-69-75(80)74(73-79)78-76(81)70-66-62-58-54-50-47-44-41-38-35-32-30-28-26-24-22-21-23-25-27-29-31-33-36-39-42-45-48-52-56-60-64-68-72-83-77(82)71-67-63-59-55-51-16-14-12-10-8-6-4-2/h65,69,74-75,79-80H,3-64,66-68,70-73H2,1-2H3,(H,78,81)/b69-65+. The third kappa shape index (κ3) is 69.6. The SMILES string of the molecule is CCCCCCCCCCCCCCCCCCCCC/C=C/C(O)C(CO)NC(=O)CCCCCCCCCCCCCCCCCCCCCCCCCCCCCCCCCCCOC(=O)CCCCCCCCCCCCCC. The second-order valence-corrected chi connectivity index (χ2v) is 26.7. The summed E-state index contributed by atoms with van der Waals surface area (Å²) in [6.45, 7) is 4.96. The van der Waals surface area contributed by atoms with Gasteiger partial charge in [-0.15, -0.1) is 0 Å². The summed E-state index contributed by atoms with van der Waals surface area (Å²) in [5.41, 5.74) is 0. The average Bonchev–Trinajstić information content (AvgIpc) is 3.49. The lowest BCUT2D eigenvalue weighted by Crippen LogP contribution is -2.45. The zero-order chi connectivity index (χ0) is 59.9. The lowest BCUT2D eigenvalue weighted by atomic mass is 10.0. The number of esters is 1. The van der Waals surface area contributed by atoms with Gasteiger partial charge in [-0.2, -0.15) is 0 Å². The van der Waals surface area contributed by atoms with E-state index in [4.69, 9.17) is 4.74 Å². The second kappa shape index (κ2) is 73.1. The number of nitrogens with one attached hydrogen (secondary N) is 1. The molecule has 1 amide bonds. The highest BCUT2D eigenvalue weighted by molar-refractivity contribution is 5.76. The quantitative estimate of drug-likeness (QED) is 0.0320. The Morgan fingerprint density at radius 1 is 0.325 bits per heavy atom. The predicted octanol–water partition coefficient (Wildman–Crippen LogP) is 25.1. The van der Waals surface area contributed by atoms with Gasteiger partial charge in [-0.25, -0.2) is 0 Å². The lowest BCUT2D eigenvalue weighted by Gasteiger charge is -2.20. The summed E-state index contributed by atoms with van der Waals surface area (Å²) in [6, 6.07) is -0.624. The van der Waals surface area contributed by atoms with Crippen LogP contribution in [-0.4, -0.2) is 47.4 Å². The molecule has 6 nitrogen and oxygen atoms in total. The molecule has 0 aromatic carbocycles. The maximum atomic E-state index is 12.5. The fourth-order valence-electron chi connectivity index (χ4n) is 12.5. The molecule has 0 aliphatic heterocycles. The van der Waals surface area contributed by atoms with Gasteiger partial charge in [0.2, 0.25) is 5.91 Å². The van der Waals surface area contributed by atoms with Gasteiger partial charge in [0.25, 0.3) is 0 Å². The first-order valence-corrected chi connectivity index (χ1v) is 38.5. The van der Waals surface area contributed by atoms with Gasteiger partial charge in [-0.05, 0) is 32.1 Å². The van der Waals surface area contributed by atoms with Crippen molar-refractivity contribution in [2.75, 3.05) is 13.2 Å². The molecule has 0 aromatic heterocycles. The van der Waals surface area contributed by atoms with Crippen molar-refractivity contribution in [1.29, 1.82) is 0 Å². The number of carbonyl (C=O) groups is 2. The largest absolute Gasteiger partial charge is 0.466 e. The van der Waals surface area contributed by atoms with E-state index in [-0.39, 0.29) is 18.5 Å². The third-order valence-electron chi connectivity index (χ3n) is 18.3. The Hall–Kier alpha value is -1.40. The summed E-state index contributed by atoms with van der Waals surface area (Å²) in [6.07, 6.45) is 91.9. The van der Waals surface area contributed by atoms with Crippen molar-refractivity contribution < 1.29 is 24.5 Å². The second-order valence-electron chi connectivity index (χ2n) is 26.7. The van der Waals surface area contributed by atoms with Crippen LogP contribution in [0, 0.1) is 0 Å². The van der Waals surface area contributed by atoms with Gasteiger partial charge in [0.05, 0.1) is 25.4 Å². The van der Waals surface area contributed by atoms with E-state index in [0.29, 0.717) is 19.4 Å². The Bertz CT molecular complexity index is 1260. The van der Waals surface area contributed by atoms with Crippen molar-refractivity contribution in [3.8, 4) is 0 Å². The fraction of sp³-hybridized carbons (Fsp3) is 0.948. The number of ether oxygens (including phenoxy) is 1. The summed E-state index contributed by atoms with van der Waals surface area (Å²) >= 11 is 0. The first-order chi connectivity index (χ1) is 41.0. The molecule has 0 saturated heterocycles. The Labute approximate surface area is 520 Å². The minimum absolute atomic E-state index is 0.0232. The Morgan fingerprint density at radius 3 is 0.819 bits per heavy atom. The van der Waals surface area contributed by atoms with E-state index >= 15 is 0 Å². The van der Waals surface area contributed by atoms with Crippen LogP contribution in [0.2, 0.25) is 0 Å². The molecule has 0 fully saturated rings. The number of amides is 1. The third-order valence-corrected chi connectivity index (χ3v) is 18.3. The minimum atomic E-state index is -0.841. The van der Waals surface area contributed by atoms with Crippen LogP contribution in [0.4, 0.5) is 0 Å². The molecular formula is C77H151NO5. The molecule has 494 valence electrons. The maximum Gasteiger partial charge on any atom is 0.305 e. The van der Waals surface area contributed by atoms with E-state index < -0.39 is 12.1 Å². The molecule has 0 saturated carbocycles. The number of aliphatic hydroxyl groups excluding tert-OH is 2. The van der Waals surface area contributed by atoms with Crippen LogP contribution in [0.1, 0.15) is 444 Å². The number of carbonyl (C=O) groups excluding carboxylic acids is 2. The molecule has 0 aromatic rings. The van der Waals surface area contributed by atoms with E-state index in [1.165, 1.54) is 379 Å².